The predicted molar refractivity (Wildman–Crippen MR) is 107 cm³/mol. The van der Waals surface area contributed by atoms with Crippen molar-refractivity contribution in [3.8, 4) is 17.0 Å². The summed E-state index contributed by atoms with van der Waals surface area (Å²) in [5, 5.41) is 9.72. The van der Waals surface area contributed by atoms with Gasteiger partial charge in [-0.3, -0.25) is 10.1 Å². The van der Waals surface area contributed by atoms with Crippen molar-refractivity contribution in [1.29, 1.82) is 0 Å². The minimum Gasteiger partial charge on any atom is -0.497 e. The second-order valence-corrected chi connectivity index (χ2v) is 7.24. The Bertz CT molecular complexity index is 1160. The molecule has 0 spiro atoms. The first-order chi connectivity index (χ1) is 13.0. The van der Waals surface area contributed by atoms with E-state index in [-0.39, 0.29) is 11.5 Å². The SMILES string of the molecule is COc1cccc(-c2csc3nc(NC(=O)c4cc(Cl)ccc4Cl)nn23)c1. The molecule has 0 fully saturated rings. The summed E-state index contributed by atoms with van der Waals surface area (Å²) in [5.41, 5.74) is 2.04. The minimum absolute atomic E-state index is 0.187. The molecule has 1 N–H and O–H groups in total. The van der Waals surface area contributed by atoms with Gasteiger partial charge in [0.15, 0.2) is 0 Å². The van der Waals surface area contributed by atoms with Gasteiger partial charge in [-0.15, -0.1) is 16.4 Å². The molecule has 2 heterocycles. The average Bonchev–Trinajstić information content (AvgIpc) is 3.23. The number of rotatable bonds is 4. The Kier molecular flexibility index (Phi) is 4.73. The molecule has 6 nitrogen and oxygen atoms in total. The van der Waals surface area contributed by atoms with E-state index in [2.05, 4.69) is 15.4 Å². The zero-order chi connectivity index (χ0) is 19.0. The Morgan fingerprint density at radius 1 is 1.22 bits per heavy atom. The van der Waals surface area contributed by atoms with Crippen LogP contribution in [0.3, 0.4) is 0 Å². The lowest BCUT2D eigenvalue weighted by Gasteiger charge is -2.04. The number of nitrogens with one attached hydrogen (secondary N) is 1. The topological polar surface area (TPSA) is 68.5 Å². The number of halogens is 2. The Hall–Kier alpha value is -2.61. The highest BCUT2D eigenvalue weighted by Crippen LogP contribution is 2.28. The van der Waals surface area contributed by atoms with Crippen LogP contribution in [-0.2, 0) is 0 Å². The van der Waals surface area contributed by atoms with Crippen LogP contribution >= 0.6 is 34.5 Å². The van der Waals surface area contributed by atoms with Gasteiger partial charge in [-0.05, 0) is 30.3 Å². The summed E-state index contributed by atoms with van der Waals surface area (Å²) in [6, 6.07) is 12.3. The first-order valence-corrected chi connectivity index (χ1v) is 9.44. The lowest BCUT2D eigenvalue weighted by atomic mass is 10.2. The summed E-state index contributed by atoms with van der Waals surface area (Å²) in [6.07, 6.45) is 0. The van der Waals surface area contributed by atoms with Crippen LogP contribution in [0.15, 0.2) is 47.8 Å². The van der Waals surface area contributed by atoms with Crippen molar-refractivity contribution >= 4 is 51.4 Å². The number of hydrogen-bond acceptors (Lipinski definition) is 5. The van der Waals surface area contributed by atoms with Crippen LogP contribution in [0.2, 0.25) is 10.0 Å². The van der Waals surface area contributed by atoms with E-state index in [0.29, 0.717) is 15.0 Å². The lowest BCUT2D eigenvalue weighted by Crippen LogP contribution is -2.13. The number of anilines is 1. The molecule has 0 radical (unpaired) electrons. The Morgan fingerprint density at radius 2 is 2.07 bits per heavy atom. The number of fused-ring (bicyclic) bond motifs is 1. The highest BCUT2D eigenvalue weighted by atomic mass is 35.5. The van der Waals surface area contributed by atoms with Crippen molar-refractivity contribution in [2.45, 2.75) is 0 Å². The van der Waals surface area contributed by atoms with Crippen molar-refractivity contribution in [1.82, 2.24) is 14.6 Å². The number of aromatic nitrogens is 3. The molecule has 0 atom stereocenters. The van der Waals surface area contributed by atoms with E-state index < -0.39 is 5.91 Å². The van der Waals surface area contributed by atoms with Crippen molar-refractivity contribution in [2.75, 3.05) is 12.4 Å². The van der Waals surface area contributed by atoms with Gasteiger partial charge < -0.3 is 4.74 Å². The van der Waals surface area contributed by atoms with Crippen molar-refractivity contribution < 1.29 is 9.53 Å². The summed E-state index contributed by atoms with van der Waals surface area (Å²) >= 11 is 13.4. The van der Waals surface area contributed by atoms with E-state index in [0.717, 1.165) is 17.0 Å². The molecule has 136 valence electrons. The number of benzene rings is 2. The molecule has 1 amide bonds. The second-order valence-electron chi connectivity index (χ2n) is 5.56. The predicted octanol–water partition coefficient (Wildman–Crippen LogP) is 5.03. The number of carbonyl (C=O) groups is 1. The maximum atomic E-state index is 12.5. The Balaban J connectivity index is 1.65. The highest BCUT2D eigenvalue weighted by Gasteiger charge is 2.16. The minimum atomic E-state index is -0.427. The van der Waals surface area contributed by atoms with Gasteiger partial charge in [-0.25, -0.2) is 4.52 Å². The number of methoxy groups -OCH3 is 1. The fraction of sp³-hybridized carbons (Fsp3) is 0.0556. The second kappa shape index (κ2) is 7.19. The van der Waals surface area contributed by atoms with Crippen molar-refractivity contribution in [3.05, 3.63) is 63.5 Å². The smallest absolute Gasteiger partial charge is 0.259 e. The van der Waals surface area contributed by atoms with Crippen LogP contribution in [0.25, 0.3) is 16.2 Å². The molecule has 4 rings (SSSR count). The number of ether oxygens (including phenoxy) is 1. The number of hydrogen-bond donors (Lipinski definition) is 1. The zero-order valence-electron chi connectivity index (χ0n) is 13.9. The monoisotopic (exact) mass is 418 g/mol. The van der Waals surface area contributed by atoms with Gasteiger partial charge in [-0.2, -0.15) is 4.98 Å². The van der Waals surface area contributed by atoms with Crippen LogP contribution in [0.4, 0.5) is 5.95 Å². The highest BCUT2D eigenvalue weighted by molar-refractivity contribution is 7.15. The number of carbonyl (C=O) groups excluding carboxylic acids is 1. The Morgan fingerprint density at radius 3 is 2.89 bits per heavy atom. The van der Waals surface area contributed by atoms with E-state index >= 15 is 0 Å². The van der Waals surface area contributed by atoms with E-state index in [9.17, 15) is 4.79 Å². The molecule has 2 aromatic carbocycles. The zero-order valence-corrected chi connectivity index (χ0v) is 16.3. The molecule has 0 unspecified atom stereocenters. The molecule has 0 bridgehead atoms. The lowest BCUT2D eigenvalue weighted by molar-refractivity contribution is 0.102. The Labute approximate surface area is 168 Å². The van der Waals surface area contributed by atoms with E-state index in [1.54, 1.807) is 23.8 Å². The van der Waals surface area contributed by atoms with Gasteiger partial charge in [0, 0.05) is 16.0 Å². The van der Waals surface area contributed by atoms with Gasteiger partial charge in [0.25, 0.3) is 11.9 Å². The first kappa shape index (κ1) is 17.8. The third-order valence-electron chi connectivity index (χ3n) is 3.85. The standard InChI is InChI=1S/C18H12Cl2N4O2S/c1-26-12-4-2-3-10(7-12)15-9-27-18-22-17(23-24(15)18)21-16(25)13-8-11(19)5-6-14(13)20/h2-9H,1H3,(H,21,23,25). The summed E-state index contributed by atoms with van der Waals surface area (Å²) in [4.78, 5) is 17.5. The number of nitrogens with zero attached hydrogens (tertiary/aromatic N) is 3. The molecular formula is C18H12Cl2N4O2S. The summed E-state index contributed by atoms with van der Waals surface area (Å²) in [7, 11) is 1.62. The van der Waals surface area contributed by atoms with Gasteiger partial charge in [0.2, 0.25) is 4.96 Å². The quantitative estimate of drug-likeness (QED) is 0.504. The molecular weight excluding hydrogens is 407 g/mol. The molecule has 0 saturated carbocycles. The van der Waals surface area contributed by atoms with Gasteiger partial charge in [0.1, 0.15) is 5.75 Å². The molecule has 27 heavy (non-hydrogen) atoms. The van der Waals surface area contributed by atoms with Crippen molar-refractivity contribution in [3.63, 3.8) is 0 Å². The van der Waals surface area contributed by atoms with E-state index in [1.165, 1.54) is 17.4 Å². The van der Waals surface area contributed by atoms with Crippen LogP contribution in [0.5, 0.6) is 5.75 Å². The third kappa shape index (κ3) is 3.49. The molecule has 0 aliphatic carbocycles. The fourth-order valence-electron chi connectivity index (χ4n) is 2.56. The van der Waals surface area contributed by atoms with Gasteiger partial charge in [-0.1, -0.05) is 35.3 Å². The average molecular weight is 419 g/mol. The van der Waals surface area contributed by atoms with Crippen LogP contribution in [0.1, 0.15) is 10.4 Å². The summed E-state index contributed by atoms with van der Waals surface area (Å²) in [5.74, 6) is 0.506. The number of amides is 1. The molecule has 0 aliphatic heterocycles. The van der Waals surface area contributed by atoms with Gasteiger partial charge in [0.05, 0.1) is 23.4 Å². The largest absolute Gasteiger partial charge is 0.497 e. The molecule has 4 aromatic rings. The molecule has 0 saturated heterocycles. The van der Waals surface area contributed by atoms with Crippen LogP contribution < -0.4 is 10.1 Å². The fourth-order valence-corrected chi connectivity index (χ4v) is 3.76. The van der Waals surface area contributed by atoms with Crippen molar-refractivity contribution in [2.24, 2.45) is 0 Å². The van der Waals surface area contributed by atoms with Crippen LogP contribution in [0, 0.1) is 0 Å². The molecule has 9 heteroatoms. The van der Waals surface area contributed by atoms with Gasteiger partial charge >= 0.3 is 0 Å². The third-order valence-corrected chi connectivity index (χ3v) is 5.23. The van der Waals surface area contributed by atoms with E-state index in [1.807, 2.05) is 29.6 Å². The number of thiazole rings is 1. The normalized spacial score (nSPS) is 10.9. The maximum absolute atomic E-state index is 12.5. The summed E-state index contributed by atoms with van der Waals surface area (Å²) < 4.78 is 6.95. The maximum Gasteiger partial charge on any atom is 0.259 e. The first-order valence-electron chi connectivity index (χ1n) is 7.80. The van der Waals surface area contributed by atoms with E-state index in [4.69, 9.17) is 27.9 Å². The van der Waals surface area contributed by atoms with Crippen LogP contribution in [-0.4, -0.2) is 27.6 Å². The summed E-state index contributed by atoms with van der Waals surface area (Å²) in [6.45, 7) is 0. The molecule has 0 aliphatic rings. The molecule has 2 aromatic heterocycles.